The molecule has 0 radical (unpaired) electrons. The molecule has 2 aliphatic rings. The highest BCUT2D eigenvalue weighted by Crippen LogP contribution is 2.34. The van der Waals surface area contributed by atoms with Crippen molar-refractivity contribution in [2.24, 2.45) is 0 Å². The number of aromatic hydroxyl groups is 2. The van der Waals surface area contributed by atoms with Crippen molar-refractivity contribution in [3.8, 4) is 28.6 Å². The number of rotatable bonds is 6. The molecule has 0 bridgehead atoms. The normalized spacial score (nSPS) is 34.0. The van der Waals surface area contributed by atoms with Crippen LogP contribution in [0.25, 0.3) is 22.3 Å². The molecule has 2 fully saturated rings. The Hall–Kier alpha value is -3.31. The highest BCUT2D eigenvalue weighted by atomic mass is 16.7. The Morgan fingerprint density at radius 3 is 2.15 bits per heavy atom. The van der Waals surface area contributed by atoms with E-state index in [-0.39, 0.29) is 28.2 Å². The maximum atomic E-state index is 12.7. The fourth-order valence-corrected chi connectivity index (χ4v) is 4.71. The minimum absolute atomic E-state index is 0.0145. The first-order valence-corrected chi connectivity index (χ1v) is 12.7. The Morgan fingerprint density at radius 2 is 1.44 bits per heavy atom. The summed E-state index contributed by atoms with van der Waals surface area (Å²) in [5.74, 6) is -0.457. The van der Waals surface area contributed by atoms with Gasteiger partial charge < -0.3 is 64.2 Å². The van der Waals surface area contributed by atoms with Gasteiger partial charge in [-0.1, -0.05) is 0 Å². The van der Waals surface area contributed by atoms with Crippen LogP contribution in [0.5, 0.6) is 17.2 Å². The van der Waals surface area contributed by atoms with Crippen LogP contribution in [0.1, 0.15) is 6.92 Å². The number of hydrogen-bond donors (Lipinski definition) is 8. The first-order valence-electron chi connectivity index (χ1n) is 12.7. The average molecular weight is 579 g/mol. The van der Waals surface area contributed by atoms with Gasteiger partial charge in [0, 0.05) is 23.8 Å². The summed E-state index contributed by atoms with van der Waals surface area (Å²) < 4.78 is 27.9. The van der Waals surface area contributed by atoms with Crippen LogP contribution in [0.4, 0.5) is 0 Å². The lowest BCUT2D eigenvalue weighted by Gasteiger charge is -2.42. The molecule has 2 saturated heterocycles. The first-order chi connectivity index (χ1) is 19.4. The SMILES string of the molecule is CC1O[C@@H](OCC2O[C@@H](Oc3cc(O)c4c(=O)cc(-c5ccc(O)cc5)oc4c3)C(O)[C@H](O)[C@@H]2O)C(O)[C@H](O)[C@H]1O. The van der Waals surface area contributed by atoms with Crippen molar-refractivity contribution < 1.29 is 64.2 Å². The summed E-state index contributed by atoms with van der Waals surface area (Å²) in [6, 6.07) is 9.40. The average Bonchev–Trinajstić information content (AvgIpc) is 2.94. The lowest BCUT2D eigenvalue weighted by atomic mass is 9.98. The fraction of sp³-hybridized carbons (Fsp3) is 0.444. The molecule has 4 unspecified atom stereocenters. The Morgan fingerprint density at radius 1 is 0.780 bits per heavy atom. The van der Waals surface area contributed by atoms with Gasteiger partial charge in [-0.05, 0) is 31.2 Å². The number of ether oxygens (including phenoxy) is 4. The molecule has 1 aromatic heterocycles. The van der Waals surface area contributed by atoms with Gasteiger partial charge in [-0.2, -0.15) is 0 Å². The largest absolute Gasteiger partial charge is 0.508 e. The van der Waals surface area contributed by atoms with Crippen LogP contribution in [0, 0.1) is 0 Å². The van der Waals surface area contributed by atoms with Crippen molar-refractivity contribution in [2.45, 2.75) is 68.3 Å². The Kier molecular flexibility index (Phi) is 8.20. The molecule has 14 heteroatoms. The molecule has 10 atom stereocenters. The minimum Gasteiger partial charge on any atom is -0.508 e. The summed E-state index contributed by atoms with van der Waals surface area (Å²) in [5.41, 5.74) is -0.149. The molecule has 41 heavy (non-hydrogen) atoms. The summed E-state index contributed by atoms with van der Waals surface area (Å²) in [5, 5.41) is 81.2. The van der Waals surface area contributed by atoms with E-state index >= 15 is 0 Å². The van der Waals surface area contributed by atoms with Crippen LogP contribution in [-0.4, -0.2) is 109 Å². The Balaban J connectivity index is 1.35. The van der Waals surface area contributed by atoms with E-state index < -0.39 is 79.2 Å². The maximum absolute atomic E-state index is 12.7. The number of phenols is 2. The second kappa shape index (κ2) is 11.5. The summed E-state index contributed by atoms with van der Waals surface area (Å²) in [7, 11) is 0. The van der Waals surface area contributed by atoms with Gasteiger partial charge in [0.05, 0.1) is 12.7 Å². The van der Waals surface area contributed by atoms with Crippen molar-refractivity contribution in [2.75, 3.05) is 6.61 Å². The van der Waals surface area contributed by atoms with Gasteiger partial charge in [-0.25, -0.2) is 0 Å². The number of benzene rings is 2. The zero-order chi connectivity index (χ0) is 29.6. The van der Waals surface area contributed by atoms with Crippen molar-refractivity contribution in [1.29, 1.82) is 0 Å². The zero-order valence-corrected chi connectivity index (χ0v) is 21.5. The Bertz CT molecular complexity index is 1420. The fourth-order valence-electron chi connectivity index (χ4n) is 4.71. The number of fused-ring (bicyclic) bond motifs is 1. The molecule has 8 N–H and O–H groups in total. The van der Waals surface area contributed by atoms with Gasteiger partial charge in [0.2, 0.25) is 6.29 Å². The lowest BCUT2D eigenvalue weighted by molar-refractivity contribution is -0.318. The van der Waals surface area contributed by atoms with Gasteiger partial charge >= 0.3 is 0 Å². The summed E-state index contributed by atoms with van der Waals surface area (Å²) in [6.45, 7) is 0.969. The number of aliphatic hydroxyl groups excluding tert-OH is 6. The third kappa shape index (κ3) is 5.74. The highest BCUT2D eigenvalue weighted by molar-refractivity contribution is 5.86. The van der Waals surface area contributed by atoms with E-state index in [1.54, 1.807) is 0 Å². The summed E-state index contributed by atoms with van der Waals surface area (Å²) in [4.78, 5) is 12.7. The second-order valence-corrected chi connectivity index (χ2v) is 9.98. The highest BCUT2D eigenvalue weighted by Gasteiger charge is 2.47. The smallest absolute Gasteiger partial charge is 0.229 e. The summed E-state index contributed by atoms with van der Waals surface area (Å²) >= 11 is 0. The molecule has 5 rings (SSSR count). The molecule has 2 aliphatic heterocycles. The first kappa shape index (κ1) is 29.2. The van der Waals surface area contributed by atoms with E-state index in [4.69, 9.17) is 23.4 Å². The van der Waals surface area contributed by atoms with E-state index in [1.807, 2.05) is 0 Å². The van der Waals surface area contributed by atoms with Gasteiger partial charge in [-0.3, -0.25) is 4.79 Å². The topological polar surface area (TPSA) is 229 Å². The van der Waals surface area contributed by atoms with E-state index in [0.717, 1.165) is 6.07 Å². The van der Waals surface area contributed by atoms with Crippen LogP contribution < -0.4 is 10.2 Å². The van der Waals surface area contributed by atoms with Crippen molar-refractivity contribution >= 4 is 11.0 Å². The maximum Gasteiger partial charge on any atom is 0.229 e. The van der Waals surface area contributed by atoms with Gasteiger partial charge in [0.15, 0.2) is 11.7 Å². The molecule has 0 spiro atoms. The molecule has 2 aromatic carbocycles. The van der Waals surface area contributed by atoms with Crippen molar-refractivity contribution in [1.82, 2.24) is 0 Å². The van der Waals surface area contributed by atoms with Crippen LogP contribution in [0.3, 0.4) is 0 Å². The van der Waals surface area contributed by atoms with Crippen LogP contribution in [0.2, 0.25) is 0 Å². The van der Waals surface area contributed by atoms with E-state index in [1.165, 1.54) is 43.3 Å². The molecule has 3 aromatic rings. The third-order valence-electron chi connectivity index (χ3n) is 7.09. The Labute approximate surface area is 231 Å². The minimum atomic E-state index is -1.76. The van der Waals surface area contributed by atoms with E-state index in [2.05, 4.69) is 0 Å². The van der Waals surface area contributed by atoms with Crippen LogP contribution in [-0.2, 0) is 14.2 Å². The third-order valence-corrected chi connectivity index (χ3v) is 7.09. The van der Waals surface area contributed by atoms with Crippen LogP contribution >= 0.6 is 0 Å². The predicted octanol–water partition coefficient (Wildman–Crippen LogP) is -1.10. The van der Waals surface area contributed by atoms with Crippen LogP contribution in [0.15, 0.2) is 51.7 Å². The molecule has 0 saturated carbocycles. The molecular formula is C27H30O14. The molecule has 14 nitrogen and oxygen atoms in total. The number of hydrogen-bond acceptors (Lipinski definition) is 14. The zero-order valence-electron chi connectivity index (χ0n) is 21.5. The second-order valence-electron chi connectivity index (χ2n) is 9.98. The van der Waals surface area contributed by atoms with Gasteiger partial charge in [0.1, 0.15) is 76.7 Å². The van der Waals surface area contributed by atoms with E-state index in [0.29, 0.717) is 5.56 Å². The lowest BCUT2D eigenvalue weighted by Crippen LogP contribution is -2.61. The molecule has 3 heterocycles. The quantitative estimate of drug-likeness (QED) is 0.174. The van der Waals surface area contributed by atoms with Crippen molar-refractivity contribution in [3.05, 3.63) is 52.7 Å². The van der Waals surface area contributed by atoms with E-state index in [9.17, 15) is 45.6 Å². The summed E-state index contributed by atoms with van der Waals surface area (Å²) in [6.07, 6.45) is -14.9. The molecular weight excluding hydrogens is 548 g/mol. The monoisotopic (exact) mass is 578 g/mol. The predicted molar refractivity (Wildman–Crippen MR) is 137 cm³/mol. The number of aliphatic hydroxyl groups is 6. The van der Waals surface area contributed by atoms with Gasteiger partial charge in [-0.15, -0.1) is 0 Å². The number of phenolic OH excluding ortho intramolecular Hbond substituents is 2. The molecule has 0 aliphatic carbocycles. The standard InChI is InChI=1S/C27H30O14/c1-10-20(31)22(33)24(35)26(38-10)37-9-18-21(32)23(34)25(36)27(41-18)39-13-6-14(29)19-15(30)8-16(40-17(19)7-13)11-2-4-12(28)5-3-11/h2-8,10,18,20-29,31-36H,9H2,1H3/t10?,18?,20-,21+,22+,23+,24?,25?,26+,27+/m0/s1. The van der Waals surface area contributed by atoms with Crippen molar-refractivity contribution in [3.63, 3.8) is 0 Å². The molecule has 222 valence electrons. The molecule has 0 amide bonds. The van der Waals surface area contributed by atoms with Gasteiger partial charge in [0.25, 0.3) is 0 Å².